The molecule has 0 radical (unpaired) electrons. The zero-order chi connectivity index (χ0) is 18.8. The predicted molar refractivity (Wildman–Crippen MR) is 97.2 cm³/mol. The highest BCUT2D eigenvalue weighted by atomic mass is 16.5. The molecule has 1 heterocycles. The Hall–Kier alpha value is -2.64. The SMILES string of the molecule is Cc1ccc([C@@H](N)C(=O)C[C@H]2Cc3cccc(C(=O)O)c3OB2O)cc1. The molecule has 0 saturated carbocycles. The van der Waals surface area contributed by atoms with Gasteiger partial charge in [-0.05, 0) is 30.5 Å². The first-order valence-electron chi connectivity index (χ1n) is 8.41. The predicted octanol–water partition coefficient (Wildman–Crippen LogP) is 2.14. The van der Waals surface area contributed by atoms with E-state index in [4.69, 9.17) is 10.4 Å². The lowest BCUT2D eigenvalue weighted by atomic mass is 9.64. The van der Waals surface area contributed by atoms with Gasteiger partial charge in [-0.3, -0.25) is 4.79 Å². The summed E-state index contributed by atoms with van der Waals surface area (Å²) in [7, 11) is -1.25. The van der Waals surface area contributed by atoms with Gasteiger partial charge in [-0.25, -0.2) is 4.79 Å². The Morgan fingerprint density at radius 3 is 2.62 bits per heavy atom. The number of aromatic carboxylic acids is 1. The first-order chi connectivity index (χ1) is 12.4. The standard InChI is InChI=1S/C19H20BNO5/c1-11-5-7-12(8-6-11)17(21)16(22)10-14-9-13-3-2-4-15(19(23)24)18(13)26-20(14)25/h2-8,14,17,25H,9-10,21H2,1H3,(H,23,24)/t14-,17-/m1/s1. The van der Waals surface area contributed by atoms with Gasteiger partial charge in [0.1, 0.15) is 5.75 Å². The van der Waals surface area contributed by atoms with E-state index in [-0.39, 0.29) is 23.5 Å². The van der Waals surface area contributed by atoms with Crippen molar-refractivity contribution in [1.29, 1.82) is 0 Å². The van der Waals surface area contributed by atoms with Crippen molar-refractivity contribution in [1.82, 2.24) is 0 Å². The fourth-order valence-corrected chi connectivity index (χ4v) is 3.17. The van der Waals surface area contributed by atoms with Crippen LogP contribution < -0.4 is 10.4 Å². The van der Waals surface area contributed by atoms with Crippen LogP contribution in [-0.2, 0) is 11.2 Å². The molecule has 134 valence electrons. The summed E-state index contributed by atoms with van der Waals surface area (Å²) >= 11 is 0. The zero-order valence-corrected chi connectivity index (χ0v) is 14.4. The molecule has 2 aromatic rings. The third-order valence-electron chi connectivity index (χ3n) is 4.70. The van der Waals surface area contributed by atoms with E-state index in [2.05, 4.69) is 0 Å². The van der Waals surface area contributed by atoms with Crippen LogP contribution in [0.25, 0.3) is 0 Å². The molecule has 1 aliphatic rings. The third-order valence-corrected chi connectivity index (χ3v) is 4.70. The topological polar surface area (TPSA) is 110 Å². The lowest BCUT2D eigenvalue weighted by Gasteiger charge is -2.28. The molecule has 0 aliphatic carbocycles. The van der Waals surface area contributed by atoms with Gasteiger partial charge in [-0.2, -0.15) is 0 Å². The summed E-state index contributed by atoms with van der Waals surface area (Å²) in [6, 6.07) is 11.4. The van der Waals surface area contributed by atoms with Crippen LogP contribution in [0.2, 0.25) is 5.82 Å². The van der Waals surface area contributed by atoms with Crippen LogP contribution in [0.3, 0.4) is 0 Å². The third kappa shape index (κ3) is 3.64. The summed E-state index contributed by atoms with van der Waals surface area (Å²) in [5.41, 5.74) is 8.53. The number of hydrogen-bond donors (Lipinski definition) is 3. The minimum atomic E-state index is -1.25. The van der Waals surface area contributed by atoms with Crippen LogP contribution in [0.1, 0.15) is 39.5 Å². The van der Waals surface area contributed by atoms with Crippen molar-refractivity contribution in [2.24, 2.45) is 5.73 Å². The van der Waals surface area contributed by atoms with Gasteiger partial charge in [0.15, 0.2) is 5.78 Å². The summed E-state index contributed by atoms with van der Waals surface area (Å²) in [6.07, 6.45) is 0.400. The molecule has 6 nitrogen and oxygen atoms in total. The average Bonchev–Trinajstić information content (AvgIpc) is 2.61. The fourth-order valence-electron chi connectivity index (χ4n) is 3.17. The van der Waals surface area contributed by atoms with E-state index in [0.29, 0.717) is 12.0 Å². The molecule has 1 aliphatic heterocycles. The van der Waals surface area contributed by atoms with Gasteiger partial charge >= 0.3 is 13.1 Å². The summed E-state index contributed by atoms with van der Waals surface area (Å²) in [5, 5.41) is 19.5. The highest BCUT2D eigenvalue weighted by molar-refractivity contribution is 6.47. The van der Waals surface area contributed by atoms with Crippen molar-refractivity contribution in [2.45, 2.75) is 31.6 Å². The number of benzene rings is 2. The van der Waals surface area contributed by atoms with Crippen LogP contribution in [0, 0.1) is 6.92 Å². The molecule has 0 saturated heterocycles. The van der Waals surface area contributed by atoms with Gasteiger partial charge in [-0.1, -0.05) is 42.0 Å². The molecule has 26 heavy (non-hydrogen) atoms. The molecule has 7 heteroatoms. The summed E-state index contributed by atoms with van der Waals surface area (Å²) < 4.78 is 5.42. The molecule has 0 spiro atoms. The molecule has 0 fully saturated rings. The van der Waals surface area contributed by atoms with E-state index >= 15 is 0 Å². The Morgan fingerprint density at radius 1 is 1.27 bits per heavy atom. The number of Topliss-reactive ketones (excluding diaryl/α,β-unsaturated/α-hetero) is 1. The Labute approximate surface area is 151 Å². The van der Waals surface area contributed by atoms with Crippen LogP contribution in [0.4, 0.5) is 0 Å². The number of aryl methyl sites for hydroxylation is 1. The molecule has 3 rings (SSSR count). The van der Waals surface area contributed by atoms with E-state index in [1.165, 1.54) is 6.07 Å². The molecular formula is C19H20BNO5. The van der Waals surface area contributed by atoms with Gasteiger partial charge in [-0.15, -0.1) is 0 Å². The van der Waals surface area contributed by atoms with Crippen LogP contribution in [-0.4, -0.2) is 29.0 Å². The Kier molecular flexibility index (Phi) is 5.11. The van der Waals surface area contributed by atoms with Gasteiger partial charge < -0.3 is 20.5 Å². The molecule has 4 N–H and O–H groups in total. The van der Waals surface area contributed by atoms with E-state index < -0.39 is 24.9 Å². The normalized spacial score (nSPS) is 17.2. The summed E-state index contributed by atoms with van der Waals surface area (Å²) in [4.78, 5) is 23.8. The number of hydrogen-bond acceptors (Lipinski definition) is 5. The van der Waals surface area contributed by atoms with Gasteiger partial charge in [0.05, 0.1) is 11.6 Å². The van der Waals surface area contributed by atoms with E-state index in [1.807, 2.05) is 31.2 Å². The zero-order valence-electron chi connectivity index (χ0n) is 14.4. The number of rotatable bonds is 5. The Morgan fingerprint density at radius 2 is 1.96 bits per heavy atom. The van der Waals surface area contributed by atoms with Crippen molar-refractivity contribution in [3.8, 4) is 5.75 Å². The second kappa shape index (κ2) is 7.31. The van der Waals surface area contributed by atoms with E-state index in [1.54, 1.807) is 12.1 Å². The number of ketones is 1. The van der Waals surface area contributed by atoms with Crippen molar-refractivity contribution in [2.75, 3.05) is 0 Å². The van der Waals surface area contributed by atoms with Crippen molar-refractivity contribution in [3.05, 3.63) is 64.7 Å². The average molecular weight is 353 g/mol. The molecular weight excluding hydrogens is 333 g/mol. The quantitative estimate of drug-likeness (QED) is 0.711. The second-order valence-corrected chi connectivity index (χ2v) is 6.63. The number of para-hydroxylation sites is 1. The minimum absolute atomic E-state index is 0.00248. The number of carboxylic acid groups (broad SMARTS) is 1. The van der Waals surface area contributed by atoms with Crippen molar-refractivity contribution >= 4 is 18.9 Å². The monoisotopic (exact) mass is 353 g/mol. The fraction of sp³-hybridized carbons (Fsp3) is 0.263. The number of fused-ring (bicyclic) bond motifs is 1. The van der Waals surface area contributed by atoms with Crippen molar-refractivity contribution in [3.63, 3.8) is 0 Å². The first-order valence-corrected chi connectivity index (χ1v) is 8.41. The second-order valence-electron chi connectivity index (χ2n) is 6.63. The number of nitrogens with two attached hydrogens (primary N) is 1. The lowest BCUT2D eigenvalue weighted by molar-refractivity contribution is -0.120. The molecule has 0 amide bonds. The lowest BCUT2D eigenvalue weighted by Crippen LogP contribution is -2.37. The van der Waals surface area contributed by atoms with Crippen LogP contribution >= 0.6 is 0 Å². The molecule has 0 unspecified atom stereocenters. The maximum Gasteiger partial charge on any atom is 0.526 e. The summed E-state index contributed by atoms with van der Waals surface area (Å²) in [5.74, 6) is -1.63. The maximum atomic E-state index is 12.5. The Bertz CT molecular complexity index is 836. The van der Waals surface area contributed by atoms with E-state index in [9.17, 15) is 19.7 Å². The molecule has 2 aromatic carbocycles. The smallest absolute Gasteiger partial charge is 0.526 e. The number of carbonyl (C=O) groups excluding carboxylic acids is 1. The molecule has 0 bridgehead atoms. The van der Waals surface area contributed by atoms with Gasteiger partial charge in [0.2, 0.25) is 0 Å². The number of carbonyl (C=O) groups is 2. The van der Waals surface area contributed by atoms with Crippen LogP contribution in [0.15, 0.2) is 42.5 Å². The first kappa shape index (κ1) is 18.2. The largest absolute Gasteiger partial charge is 0.535 e. The van der Waals surface area contributed by atoms with Gasteiger partial charge in [0, 0.05) is 12.2 Å². The van der Waals surface area contributed by atoms with Crippen molar-refractivity contribution < 1.29 is 24.4 Å². The highest BCUT2D eigenvalue weighted by Crippen LogP contribution is 2.36. The number of carboxylic acids is 1. The minimum Gasteiger partial charge on any atom is -0.535 e. The Balaban J connectivity index is 1.74. The van der Waals surface area contributed by atoms with Gasteiger partial charge in [0.25, 0.3) is 0 Å². The van der Waals surface area contributed by atoms with E-state index in [0.717, 1.165) is 11.1 Å². The molecule has 0 aromatic heterocycles. The summed E-state index contributed by atoms with van der Waals surface area (Å²) in [6.45, 7) is 1.95. The molecule has 2 atom stereocenters. The maximum absolute atomic E-state index is 12.5. The van der Waals surface area contributed by atoms with Crippen LogP contribution in [0.5, 0.6) is 5.75 Å². The highest BCUT2D eigenvalue weighted by Gasteiger charge is 2.38.